The number of hydrogen-bond acceptors (Lipinski definition) is 5. The van der Waals surface area contributed by atoms with Crippen LogP contribution in [-0.4, -0.2) is 55.1 Å². The van der Waals surface area contributed by atoms with E-state index in [2.05, 4.69) is 0 Å². The van der Waals surface area contributed by atoms with E-state index in [9.17, 15) is 27.9 Å². The van der Waals surface area contributed by atoms with Gasteiger partial charge in [-0.25, -0.2) is 0 Å². The van der Waals surface area contributed by atoms with Crippen LogP contribution in [0.25, 0.3) is 0 Å². The van der Waals surface area contributed by atoms with Crippen LogP contribution in [0.1, 0.15) is 40.9 Å². The summed E-state index contributed by atoms with van der Waals surface area (Å²) in [6.07, 6.45) is -4.95. The number of likely N-dealkylation sites (N-methyl/N-ethyl adjacent to an activating group) is 1. The molecule has 0 saturated carbocycles. The molecule has 0 radical (unpaired) electrons. The van der Waals surface area contributed by atoms with E-state index >= 15 is 0 Å². The van der Waals surface area contributed by atoms with Gasteiger partial charge in [0.2, 0.25) is 5.91 Å². The van der Waals surface area contributed by atoms with E-state index < -0.39 is 40.3 Å². The topological polar surface area (TPSA) is 96.1 Å². The highest BCUT2D eigenvalue weighted by molar-refractivity contribution is 6.11. The average molecular weight is 465 g/mol. The van der Waals surface area contributed by atoms with Crippen LogP contribution < -0.4 is 15.4 Å². The molecule has 2 aromatic rings. The van der Waals surface area contributed by atoms with Gasteiger partial charge in [0.15, 0.2) is 5.60 Å². The van der Waals surface area contributed by atoms with Gasteiger partial charge in [-0.05, 0) is 42.9 Å². The molecular weight excluding hydrogens is 439 g/mol. The fourth-order valence-corrected chi connectivity index (χ4v) is 4.10. The average Bonchev–Trinajstić information content (AvgIpc) is 3.00. The molecule has 2 aromatic carbocycles. The maximum Gasteiger partial charge on any atom is 0.416 e. The predicted molar refractivity (Wildman–Crippen MR) is 116 cm³/mol. The summed E-state index contributed by atoms with van der Waals surface area (Å²) in [7, 11) is 1.42. The Kier molecular flexibility index (Phi) is 6.71. The summed E-state index contributed by atoms with van der Waals surface area (Å²) in [5, 5.41) is 11.6. The Morgan fingerprint density at radius 3 is 2.27 bits per heavy atom. The molecule has 0 aromatic heterocycles. The quantitative estimate of drug-likeness (QED) is 0.625. The third-order valence-corrected chi connectivity index (χ3v) is 5.96. The number of aliphatic hydroxyl groups is 1. The highest BCUT2D eigenvalue weighted by Crippen LogP contribution is 2.50. The van der Waals surface area contributed by atoms with Crippen molar-refractivity contribution in [2.45, 2.75) is 25.6 Å². The van der Waals surface area contributed by atoms with Crippen molar-refractivity contribution in [3.05, 3.63) is 58.7 Å². The fraction of sp³-hybridized carbons (Fsp3) is 0.391. The summed E-state index contributed by atoms with van der Waals surface area (Å²) in [4.78, 5) is 28.4. The minimum absolute atomic E-state index is 0.0193. The SMILES string of the molecule is CCN(CC)CCN1C(=O)[C@@](O)(c2ccc(OC)cc2)c2c1cc(C(N)=O)cc2C(F)(F)F. The van der Waals surface area contributed by atoms with Gasteiger partial charge in [0, 0.05) is 24.2 Å². The molecule has 0 aliphatic carbocycles. The molecule has 1 atom stereocenters. The van der Waals surface area contributed by atoms with Gasteiger partial charge in [0.05, 0.1) is 18.4 Å². The van der Waals surface area contributed by atoms with Gasteiger partial charge in [0.1, 0.15) is 5.75 Å². The van der Waals surface area contributed by atoms with Crippen molar-refractivity contribution < 1.29 is 32.6 Å². The van der Waals surface area contributed by atoms with Crippen LogP contribution in [0.5, 0.6) is 5.75 Å². The van der Waals surface area contributed by atoms with Crippen LogP contribution in [0.3, 0.4) is 0 Å². The standard InChI is InChI=1S/C23H26F3N3O4/c1-4-28(5-2)10-11-29-18-13-14(20(27)30)12-17(23(24,25)26)19(18)22(32,21(29)31)15-6-8-16(33-3)9-7-15/h6-9,12-13,32H,4-5,10-11H2,1-3H3,(H2,27,30)/t22-/m1/s1. The first kappa shape index (κ1) is 24.5. The second-order valence-corrected chi connectivity index (χ2v) is 7.70. The third-order valence-electron chi connectivity index (χ3n) is 5.96. The number of fused-ring (bicyclic) bond motifs is 1. The normalized spacial score (nSPS) is 18.1. The van der Waals surface area contributed by atoms with E-state index in [4.69, 9.17) is 10.5 Å². The zero-order chi connectivity index (χ0) is 24.6. The molecule has 1 aliphatic heterocycles. The van der Waals surface area contributed by atoms with E-state index in [-0.39, 0.29) is 17.8 Å². The number of nitrogens with zero attached hydrogens (tertiary/aromatic N) is 2. The highest BCUT2D eigenvalue weighted by atomic mass is 19.4. The molecule has 7 nitrogen and oxygen atoms in total. The van der Waals surface area contributed by atoms with Crippen molar-refractivity contribution in [1.82, 2.24) is 4.90 Å². The highest BCUT2D eigenvalue weighted by Gasteiger charge is 2.55. The van der Waals surface area contributed by atoms with Crippen LogP contribution in [0.2, 0.25) is 0 Å². The second kappa shape index (κ2) is 9.03. The molecule has 33 heavy (non-hydrogen) atoms. The Hall–Kier alpha value is -3.11. The number of methoxy groups -OCH3 is 1. The lowest BCUT2D eigenvalue weighted by Crippen LogP contribution is -2.44. The minimum Gasteiger partial charge on any atom is -0.497 e. The summed E-state index contributed by atoms with van der Waals surface area (Å²) >= 11 is 0. The zero-order valence-electron chi connectivity index (χ0n) is 18.6. The van der Waals surface area contributed by atoms with E-state index in [0.29, 0.717) is 31.5 Å². The molecule has 3 rings (SSSR count). The smallest absolute Gasteiger partial charge is 0.416 e. The lowest BCUT2D eigenvalue weighted by Gasteiger charge is -2.26. The molecular formula is C23H26F3N3O4. The molecule has 0 fully saturated rings. The Balaban J connectivity index is 2.27. The number of rotatable bonds is 8. The van der Waals surface area contributed by atoms with Crippen LogP contribution in [-0.2, 0) is 16.6 Å². The van der Waals surface area contributed by atoms with Crippen molar-refractivity contribution in [3.8, 4) is 5.75 Å². The number of nitrogens with two attached hydrogens (primary N) is 1. The first-order valence-electron chi connectivity index (χ1n) is 10.5. The Labute approximate surface area is 189 Å². The van der Waals surface area contributed by atoms with Gasteiger partial charge in [-0.3, -0.25) is 9.59 Å². The molecule has 0 saturated heterocycles. The van der Waals surface area contributed by atoms with Gasteiger partial charge < -0.3 is 25.4 Å². The van der Waals surface area contributed by atoms with Crippen molar-refractivity contribution in [2.75, 3.05) is 38.2 Å². The number of ether oxygens (including phenoxy) is 1. The number of alkyl halides is 3. The summed E-state index contributed by atoms with van der Waals surface area (Å²) in [6.45, 7) is 5.56. The van der Waals surface area contributed by atoms with Gasteiger partial charge in [0.25, 0.3) is 5.91 Å². The van der Waals surface area contributed by atoms with Crippen molar-refractivity contribution in [2.24, 2.45) is 5.73 Å². The van der Waals surface area contributed by atoms with Gasteiger partial charge >= 0.3 is 6.18 Å². The molecule has 0 spiro atoms. The van der Waals surface area contributed by atoms with Crippen LogP contribution >= 0.6 is 0 Å². The predicted octanol–water partition coefficient (Wildman–Crippen LogP) is 2.74. The van der Waals surface area contributed by atoms with E-state index in [1.807, 2.05) is 18.7 Å². The van der Waals surface area contributed by atoms with Gasteiger partial charge in [-0.2, -0.15) is 13.2 Å². The summed E-state index contributed by atoms with van der Waals surface area (Å²) < 4.78 is 47.4. The second-order valence-electron chi connectivity index (χ2n) is 7.70. The Bertz CT molecular complexity index is 1050. The first-order valence-corrected chi connectivity index (χ1v) is 10.5. The number of carbonyl (C=O) groups excluding carboxylic acids is 2. The number of carbonyl (C=O) groups is 2. The van der Waals surface area contributed by atoms with Gasteiger partial charge in [-0.1, -0.05) is 26.0 Å². The maximum atomic E-state index is 14.1. The van der Waals surface area contributed by atoms with Crippen molar-refractivity contribution in [3.63, 3.8) is 0 Å². The van der Waals surface area contributed by atoms with Crippen LogP contribution in [0, 0.1) is 0 Å². The molecule has 178 valence electrons. The number of halogens is 3. The molecule has 3 N–H and O–H groups in total. The number of benzene rings is 2. The molecule has 1 aliphatic rings. The van der Waals surface area contributed by atoms with E-state index in [1.54, 1.807) is 0 Å². The van der Waals surface area contributed by atoms with Gasteiger partial charge in [-0.15, -0.1) is 0 Å². The molecule has 10 heteroatoms. The lowest BCUT2D eigenvalue weighted by atomic mass is 9.83. The maximum absolute atomic E-state index is 14.1. The van der Waals surface area contributed by atoms with E-state index in [1.165, 1.54) is 31.4 Å². The summed E-state index contributed by atoms with van der Waals surface area (Å²) in [6, 6.07) is 7.30. The first-order chi connectivity index (χ1) is 15.5. The minimum atomic E-state index is -4.95. The molecule has 0 bridgehead atoms. The summed E-state index contributed by atoms with van der Waals surface area (Å²) in [5.74, 6) is -1.59. The third kappa shape index (κ3) is 4.28. The van der Waals surface area contributed by atoms with E-state index in [0.717, 1.165) is 11.0 Å². The lowest BCUT2D eigenvalue weighted by molar-refractivity contribution is -0.142. The van der Waals surface area contributed by atoms with Crippen molar-refractivity contribution in [1.29, 1.82) is 0 Å². The Morgan fingerprint density at radius 1 is 1.18 bits per heavy atom. The zero-order valence-corrected chi connectivity index (χ0v) is 18.6. The number of amides is 2. The largest absolute Gasteiger partial charge is 0.497 e. The monoisotopic (exact) mass is 465 g/mol. The van der Waals surface area contributed by atoms with Crippen LogP contribution in [0.4, 0.5) is 18.9 Å². The fourth-order valence-electron chi connectivity index (χ4n) is 4.10. The number of primary amides is 1. The Morgan fingerprint density at radius 2 is 1.79 bits per heavy atom. The molecule has 2 amide bonds. The number of anilines is 1. The number of hydrogen-bond donors (Lipinski definition) is 2. The van der Waals surface area contributed by atoms with Crippen molar-refractivity contribution >= 4 is 17.5 Å². The molecule has 0 unspecified atom stereocenters. The van der Waals surface area contributed by atoms with Crippen LogP contribution in [0.15, 0.2) is 36.4 Å². The summed E-state index contributed by atoms with van der Waals surface area (Å²) in [5.41, 5.74) is 0.142. The molecule has 1 heterocycles.